The van der Waals surface area contributed by atoms with Gasteiger partial charge in [-0.05, 0) is 12.1 Å². The first-order valence-electron chi connectivity index (χ1n) is 3.72. The van der Waals surface area contributed by atoms with Crippen molar-refractivity contribution < 1.29 is 22.7 Å². The van der Waals surface area contributed by atoms with Crippen LogP contribution < -0.4 is 4.74 Å². The Morgan fingerprint density at radius 3 is 2.57 bits per heavy atom. The third-order valence-electron chi connectivity index (χ3n) is 1.65. The van der Waals surface area contributed by atoms with Gasteiger partial charge in [0.25, 0.3) is 0 Å². The molecule has 0 radical (unpaired) electrons. The van der Waals surface area contributed by atoms with Crippen molar-refractivity contribution in [2.75, 3.05) is 7.11 Å². The number of methoxy groups -OCH3 is 1. The van der Waals surface area contributed by atoms with E-state index >= 15 is 0 Å². The van der Waals surface area contributed by atoms with E-state index in [1.54, 1.807) is 0 Å². The van der Waals surface area contributed by atoms with Gasteiger partial charge in [-0.15, -0.1) is 0 Å². The van der Waals surface area contributed by atoms with Crippen molar-refractivity contribution in [3.05, 3.63) is 29.6 Å². The quantitative estimate of drug-likeness (QED) is 0.706. The van der Waals surface area contributed by atoms with Crippen LogP contribution in [0.3, 0.4) is 0 Å². The molecule has 0 aromatic heterocycles. The van der Waals surface area contributed by atoms with E-state index in [9.17, 15) is 18.0 Å². The van der Waals surface area contributed by atoms with Gasteiger partial charge in [0.05, 0.1) is 12.7 Å². The summed E-state index contributed by atoms with van der Waals surface area (Å²) in [6.07, 6.45) is -3.21. The zero-order chi connectivity index (χ0) is 10.7. The Bertz CT molecular complexity index is 350. The number of halogens is 3. The summed E-state index contributed by atoms with van der Waals surface area (Å²) < 4.78 is 41.7. The molecule has 2 nitrogen and oxygen atoms in total. The lowest BCUT2D eigenvalue weighted by molar-refractivity contribution is 0.0673. The number of rotatable bonds is 3. The molecule has 0 saturated heterocycles. The molecule has 1 aromatic carbocycles. The van der Waals surface area contributed by atoms with Gasteiger partial charge in [0.15, 0.2) is 11.6 Å². The van der Waals surface area contributed by atoms with Gasteiger partial charge in [-0.3, -0.25) is 4.79 Å². The summed E-state index contributed by atoms with van der Waals surface area (Å²) in [6.45, 7) is 0. The third kappa shape index (κ3) is 1.86. The van der Waals surface area contributed by atoms with Gasteiger partial charge in [-0.2, -0.15) is 0 Å². The van der Waals surface area contributed by atoms with E-state index in [4.69, 9.17) is 0 Å². The summed E-state index contributed by atoms with van der Waals surface area (Å²) >= 11 is 0. The highest BCUT2D eigenvalue weighted by atomic mass is 19.3. The Labute approximate surface area is 78.3 Å². The average molecular weight is 204 g/mol. The number of ketones is 1. The van der Waals surface area contributed by atoms with Gasteiger partial charge in [0, 0.05) is 0 Å². The Morgan fingerprint density at radius 1 is 1.43 bits per heavy atom. The van der Waals surface area contributed by atoms with Crippen molar-refractivity contribution in [2.45, 2.75) is 6.43 Å². The molecule has 0 N–H and O–H groups in total. The van der Waals surface area contributed by atoms with Crippen molar-refractivity contribution in [3.8, 4) is 5.75 Å². The fourth-order valence-electron chi connectivity index (χ4n) is 0.976. The van der Waals surface area contributed by atoms with Crippen LogP contribution >= 0.6 is 0 Å². The molecular weight excluding hydrogens is 197 g/mol. The van der Waals surface area contributed by atoms with Crippen LogP contribution in [-0.4, -0.2) is 19.3 Å². The summed E-state index contributed by atoms with van der Waals surface area (Å²) in [5, 5.41) is 0. The maximum atomic E-state index is 13.2. The maximum absolute atomic E-state index is 13.2. The summed E-state index contributed by atoms with van der Waals surface area (Å²) in [5.74, 6) is -2.82. The highest BCUT2D eigenvalue weighted by molar-refractivity contribution is 5.99. The molecule has 0 bridgehead atoms. The maximum Gasteiger partial charge on any atom is 0.300 e. The molecule has 0 unspecified atom stereocenters. The molecule has 0 fully saturated rings. The number of alkyl halides is 2. The van der Waals surface area contributed by atoms with E-state index in [1.807, 2.05) is 0 Å². The lowest BCUT2D eigenvalue weighted by atomic mass is 10.1. The van der Waals surface area contributed by atoms with Crippen molar-refractivity contribution in [2.24, 2.45) is 0 Å². The second-order valence-electron chi connectivity index (χ2n) is 2.49. The monoisotopic (exact) mass is 204 g/mol. The molecule has 0 spiro atoms. The molecule has 0 aliphatic carbocycles. The van der Waals surface area contributed by atoms with Crippen LogP contribution in [0.1, 0.15) is 10.4 Å². The van der Waals surface area contributed by atoms with Gasteiger partial charge in [0.1, 0.15) is 0 Å². The van der Waals surface area contributed by atoms with Gasteiger partial charge in [-0.25, -0.2) is 13.2 Å². The number of hydrogen-bond acceptors (Lipinski definition) is 2. The van der Waals surface area contributed by atoms with Crippen LogP contribution in [0.4, 0.5) is 13.2 Å². The zero-order valence-corrected chi connectivity index (χ0v) is 7.26. The van der Waals surface area contributed by atoms with Crippen LogP contribution in [0.2, 0.25) is 0 Å². The number of hydrogen-bond donors (Lipinski definition) is 0. The van der Waals surface area contributed by atoms with Crippen LogP contribution in [0.5, 0.6) is 5.75 Å². The van der Waals surface area contributed by atoms with Gasteiger partial charge in [0.2, 0.25) is 5.78 Å². The third-order valence-corrected chi connectivity index (χ3v) is 1.65. The predicted molar refractivity (Wildman–Crippen MR) is 43.3 cm³/mol. The SMILES string of the molecule is COc1cccc(C(=O)C(F)F)c1F. The summed E-state index contributed by atoms with van der Waals surface area (Å²) in [6, 6.07) is 3.52. The Morgan fingerprint density at radius 2 is 2.07 bits per heavy atom. The fourth-order valence-corrected chi connectivity index (χ4v) is 0.976. The van der Waals surface area contributed by atoms with Crippen LogP contribution in [0, 0.1) is 5.82 Å². The topological polar surface area (TPSA) is 26.3 Å². The number of carbonyl (C=O) groups excluding carboxylic acids is 1. The molecule has 1 rings (SSSR count). The van der Waals surface area contributed by atoms with Crippen molar-refractivity contribution in [3.63, 3.8) is 0 Å². The molecular formula is C9H7F3O2. The largest absolute Gasteiger partial charge is 0.494 e. The summed E-state index contributed by atoms with van der Waals surface area (Å²) in [5.41, 5.74) is -0.653. The van der Waals surface area contributed by atoms with E-state index < -0.39 is 23.6 Å². The van der Waals surface area contributed by atoms with Crippen molar-refractivity contribution in [1.82, 2.24) is 0 Å². The number of benzene rings is 1. The molecule has 0 amide bonds. The van der Waals surface area contributed by atoms with E-state index in [2.05, 4.69) is 4.74 Å². The number of Topliss-reactive ketones (excluding diaryl/α,β-unsaturated/α-hetero) is 1. The van der Waals surface area contributed by atoms with Crippen molar-refractivity contribution >= 4 is 5.78 Å². The minimum Gasteiger partial charge on any atom is -0.494 e. The van der Waals surface area contributed by atoms with E-state index in [-0.39, 0.29) is 5.75 Å². The minimum absolute atomic E-state index is 0.225. The summed E-state index contributed by atoms with van der Waals surface area (Å²) in [4.78, 5) is 10.8. The second-order valence-corrected chi connectivity index (χ2v) is 2.49. The Balaban J connectivity index is 3.16. The van der Waals surface area contributed by atoms with Gasteiger partial charge >= 0.3 is 6.43 Å². The first-order chi connectivity index (χ1) is 6.57. The zero-order valence-electron chi connectivity index (χ0n) is 7.26. The average Bonchev–Trinajstić information content (AvgIpc) is 2.17. The molecule has 14 heavy (non-hydrogen) atoms. The predicted octanol–water partition coefficient (Wildman–Crippen LogP) is 2.28. The van der Waals surface area contributed by atoms with E-state index in [1.165, 1.54) is 19.2 Å². The highest BCUT2D eigenvalue weighted by Crippen LogP contribution is 2.21. The number of carbonyl (C=O) groups is 1. The normalized spacial score (nSPS) is 10.4. The minimum atomic E-state index is -3.21. The molecule has 0 saturated carbocycles. The molecule has 0 atom stereocenters. The van der Waals surface area contributed by atoms with Crippen LogP contribution in [0.15, 0.2) is 18.2 Å². The van der Waals surface area contributed by atoms with Crippen LogP contribution in [-0.2, 0) is 0 Å². The lowest BCUT2D eigenvalue weighted by Gasteiger charge is -2.05. The lowest BCUT2D eigenvalue weighted by Crippen LogP contribution is -2.12. The smallest absolute Gasteiger partial charge is 0.300 e. The molecule has 76 valence electrons. The standard InChI is InChI=1S/C9H7F3O2/c1-14-6-4-2-3-5(7(6)10)8(13)9(11)12/h2-4,9H,1H3. The first-order valence-corrected chi connectivity index (χ1v) is 3.72. The first kappa shape index (κ1) is 10.6. The fraction of sp³-hybridized carbons (Fsp3) is 0.222. The molecule has 1 aromatic rings. The summed E-state index contributed by atoms with van der Waals surface area (Å²) in [7, 11) is 1.19. The van der Waals surface area contributed by atoms with E-state index in [0.717, 1.165) is 6.07 Å². The molecule has 5 heteroatoms. The Kier molecular flexibility index (Phi) is 3.11. The van der Waals surface area contributed by atoms with Crippen LogP contribution in [0.25, 0.3) is 0 Å². The van der Waals surface area contributed by atoms with E-state index in [0.29, 0.717) is 0 Å². The van der Waals surface area contributed by atoms with Crippen molar-refractivity contribution in [1.29, 1.82) is 0 Å². The highest BCUT2D eigenvalue weighted by Gasteiger charge is 2.22. The van der Waals surface area contributed by atoms with Gasteiger partial charge < -0.3 is 4.74 Å². The Hall–Kier alpha value is -1.52. The molecule has 0 heterocycles. The molecule has 0 aliphatic heterocycles. The number of ether oxygens (including phenoxy) is 1. The second kappa shape index (κ2) is 4.13. The molecule has 0 aliphatic rings. The van der Waals surface area contributed by atoms with Gasteiger partial charge in [-0.1, -0.05) is 6.07 Å².